The standard InChI is InChI=1S/C12H16N2O4S/c1-3-8-14(9-12(15)16)10-6-4-5-7-11(10)19(17,18)13-2/h3-7,13H,1,8-9H2,2H3,(H,15,16). The van der Waals surface area contributed by atoms with Crippen LogP contribution >= 0.6 is 0 Å². The molecule has 0 saturated carbocycles. The third kappa shape index (κ3) is 3.80. The van der Waals surface area contributed by atoms with E-state index >= 15 is 0 Å². The minimum absolute atomic E-state index is 0.0422. The summed E-state index contributed by atoms with van der Waals surface area (Å²) >= 11 is 0. The van der Waals surface area contributed by atoms with Gasteiger partial charge in [-0.25, -0.2) is 13.1 Å². The zero-order chi connectivity index (χ0) is 14.5. The highest BCUT2D eigenvalue weighted by molar-refractivity contribution is 7.89. The molecule has 0 amide bonds. The van der Waals surface area contributed by atoms with Gasteiger partial charge in [-0.05, 0) is 19.2 Å². The number of anilines is 1. The van der Waals surface area contributed by atoms with Crippen LogP contribution in [-0.2, 0) is 14.8 Å². The van der Waals surface area contributed by atoms with E-state index in [1.807, 2.05) is 0 Å². The van der Waals surface area contributed by atoms with Crippen molar-refractivity contribution < 1.29 is 18.3 Å². The minimum Gasteiger partial charge on any atom is -0.480 e. The van der Waals surface area contributed by atoms with E-state index in [4.69, 9.17) is 5.11 Å². The summed E-state index contributed by atoms with van der Waals surface area (Å²) in [5, 5.41) is 8.88. The summed E-state index contributed by atoms with van der Waals surface area (Å²) in [4.78, 5) is 12.3. The Bertz CT molecular complexity index is 569. The zero-order valence-corrected chi connectivity index (χ0v) is 11.4. The van der Waals surface area contributed by atoms with Gasteiger partial charge in [-0.1, -0.05) is 18.2 Å². The van der Waals surface area contributed by atoms with Gasteiger partial charge in [-0.15, -0.1) is 6.58 Å². The molecule has 0 aliphatic carbocycles. The number of nitrogens with zero attached hydrogens (tertiary/aromatic N) is 1. The molecular formula is C12H16N2O4S. The van der Waals surface area contributed by atoms with Crippen LogP contribution in [-0.4, -0.2) is 39.6 Å². The highest BCUT2D eigenvalue weighted by Crippen LogP contribution is 2.24. The van der Waals surface area contributed by atoms with E-state index in [0.29, 0.717) is 5.69 Å². The van der Waals surface area contributed by atoms with Crippen LogP contribution < -0.4 is 9.62 Å². The van der Waals surface area contributed by atoms with Crippen LogP contribution in [0.3, 0.4) is 0 Å². The topological polar surface area (TPSA) is 86.7 Å². The summed E-state index contributed by atoms with van der Waals surface area (Å²) in [6, 6.07) is 6.23. The Labute approximate surface area is 112 Å². The summed E-state index contributed by atoms with van der Waals surface area (Å²) in [7, 11) is -2.34. The molecule has 0 spiro atoms. The number of carboxylic acids is 1. The fourth-order valence-corrected chi connectivity index (χ4v) is 2.57. The van der Waals surface area contributed by atoms with E-state index in [0.717, 1.165) is 0 Å². The van der Waals surface area contributed by atoms with Crippen molar-refractivity contribution in [2.24, 2.45) is 0 Å². The first-order valence-electron chi connectivity index (χ1n) is 5.52. The Balaban J connectivity index is 3.31. The molecule has 104 valence electrons. The second-order valence-electron chi connectivity index (χ2n) is 3.74. The van der Waals surface area contributed by atoms with Crippen molar-refractivity contribution in [2.45, 2.75) is 4.90 Å². The van der Waals surface area contributed by atoms with Crippen molar-refractivity contribution in [1.29, 1.82) is 0 Å². The molecule has 0 saturated heterocycles. The Hall–Kier alpha value is -1.86. The molecule has 1 aromatic carbocycles. The van der Waals surface area contributed by atoms with Gasteiger partial charge < -0.3 is 10.0 Å². The molecular weight excluding hydrogens is 268 g/mol. The Morgan fingerprint density at radius 3 is 2.63 bits per heavy atom. The number of nitrogens with one attached hydrogen (secondary N) is 1. The van der Waals surface area contributed by atoms with Crippen LogP contribution in [0.5, 0.6) is 0 Å². The predicted octanol–water partition coefficient (Wildman–Crippen LogP) is 0.672. The molecule has 1 aromatic rings. The van der Waals surface area contributed by atoms with Crippen molar-refractivity contribution >= 4 is 21.7 Å². The Morgan fingerprint density at radius 2 is 2.11 bits per heavy atom. The zero-order valence-electron chi connectivity index (χ0n) is 10.5. The lowest BCUT2D eigenvalue weighted by molar-refractivity contribution is -0.135. The summed E-state index contributed by atoms with van der Waals surface area (Å²) in [6.45, 7) is 3.48. The van der Waals surface area contributed by atoms with E-state index in [1.54, 1.807) is 18.2 Å². The van der Waals surface area contributed by atoms with Crippen LogP contribution in [0.2, 0.25) is 0 Å². The number of benzene rings is 1. The molecule has 1 rings (SSSR count). The van der Waals surface area contributed by atoms with Crippen molar-refractivity contribution in [3.05, 3.63) is 36.9 Å². The van der Waals surface area contributed by atoms with Gasteiger partial charge >= 0.3 is 5.97 Å². The SMILES string of the molecule is C=CCN(CC(=O)O)c1ccccc1S(=O)(=O)NC. The predicted molar refractivity (Wildman–Crippen MR) is 72.7 cm³/mol. The Kier molecular flexibility index (Phi) is 5.08. The molecule has 0 aliphatic heterocycles. The van der Waals surface area contributed by atoms with Gasteiger partial charge in [0.1, 0.15) is 11.4 Å². The lowest BCUT2D eigenvalue weighted by Crippen LogP contribution is -2.32. The van der Waals surface area contributed by atoms with Crippen LogP contribution in [0, 0.1) is 0 Å². The molecule has 2 N–H and O–H groups in total. The quantitative estimate of drug-likeness (QED) is 0.719. The highest BCUT2D eigenvalue weighted by atomic mass is 32.2. The maximum Gasteiger partial charge on any atom is 0.323 e. The minimum atomic E-state index is -3.65. The molecule has 0 fully saturated rings. The molecule has 0 unspecified atom stereocenters. The largest absolute Gasteiger partial charge is 0.480 e. The first kappa shape index (κ1) is 15.2. The number of carboxylic acid groups (broad SMARTS) is 1. The molecule has 0 aliphatic rings. The number of sulfonamides is 1. The number of para-hydroxylation sites is 1. The van der Waals surface area contributed by atoms with Crippen molar-refractivity contribution in [3.8, 4) is 0 Å². The van der Waals surface area contributed by atoms with Gasteiger partial charge in [0.2, 0.25) is 10.0 Å². The number of rotatable bonds is 7. The van der Waals surface area contributed by atoms with Gasteiger partial charge in [-0.3, -0.25) is 4.79 Å². The summed E-state index contributed by atoms with van der Waals surface area (Å²) in [5.74, 6) is -1.04. The second kappa shape index (κ2) is 6.35. The maximum absolute atomic E-state index is 11.9. The van der Waals surface area contributed by atoms with Crippen molar-refractivity contribution in [1.82, 2.24) is 4.72 Å². The summed E-state index contributed by atoms with van der Waals surface area (Å²) in [6.07, 6.45) is 1.52. The fraction of sp³-hybridized carbons (Fsp3) is 0.250. The third-order valence-corrected chi connectivity index (χ3v) is 3.90. The Morgan fingerprint density at radius 1 is 1.47 bits per heavy atom. The number of aliphatic carboxylic acids is 1. The van der Waals surface area contributed by atoms with Crippen molar-refractivity contribution in [2.75, 3.05) is 25.0 Å². The van der Waals surface area contributed by atoms with Gasteiger partial charge in [0, 0.05) is 6.54 Å². The van der Waals surface area contributed by atoms with E-state index in [-0.39, 0.29) is 18.0 Å². The fourth-order valence-electron chi connectivity index (χ4n) is 1.62. The monoisotopic (exact) mass is 284 g/mol. The molecule has 7 heteroatoms. The van der Waals surface area contributed by atoms with Crippen LogP contribution in [0.25, 0.3) is 0 Å². The van der Waals surface area contributed by atoms with Gasteiger partial charge in [0.25, 0.3) is 0 Å². The molecule has 0 radical (unpaired) electrons. The number of carbonyl (C=O) groups is 1. The lowest BCUT2D eigenvalue weighted by atomic mass is 10.3. The lowest BCUT2D eigenvalue weighted by Gasteiger charge is -2.23. The average Bonchev–Trinajstić information content (AvgIpc) is 2.38. The van der Waals surface area contributed by atoms with E-state index in [1.165, 1.54) is 24.1 Å². The maximum atomic E-state index is 11.9. The molecule has 0 heterocycles. The third-order valence-electron chi connectivity index (χ3n) is 2.44. The van der Waals surface area contributed by atoms with E-state index in [9.17, 15) is 13.2 Å². The van der Waals surface area contributed by atoms with E-state index in [2.05, 4.69) is 11.3 Å². The second-order valence-corrected chi connectivity index (χ2v) is 5.59. The molecule has 0 aromatic heterocycles. The van der Waals surface area contributed by atoms with Gasteiger partial charge in [-0.2, -0.15) is 0 Å². The van der Waals surface area contributed by atoms with Gasteiger partial charge in [0.15, 0.2) is 0 Å². The van der Waals surface area contributed by atoms with Crippen LogP contribution in [0.4, 0.5) is 5.69 Å². The first-order valence-corrected chi connectivity index (χ1v) is 7.01. The number of hydrogen-bond donors (Lipinski definition) is 2. The normalized spacial score (nSPS) is 11.0. The van der Waals surface area contributed by atoms with Crippen molar-refractivity contribution in [3.63, 3.8) is 0 Å². The average molecular weight is 284 g/mol. The van der Waals surface area contributed by atoms with Gasteiger partial charge in [0.05, 0.1) is 5.69 Å². The molecule has 6 nitrogen and oxygen atoms in total. The van der Waals surface area contributed by atoms with E-state index < -0.39 is 16.0 Å². The molecule has 0 atom stereocenters. The summed E-state index contributed by atoms with van der Waals surface area (Å²) in [5.41, 5.74) is 0.333. The summed E-state index contributed by atoms with van der Waals surface area (Å²) < 4.78 is 26.0. The first-order chi connectivity index (χ1) is 8.92. The smallest absolute Gasteiger partial charge is 0.323 e. The molecule has 0 bridgehead atoms. The number of hydrogen-bond acceptors (Lipinski definition) is 4. The van der Waals surface area contributed by atoms with Crippen LogP contribution in [0.1, 0.15) is 0 Å². The molecule has 19 heavy (non-hydrogen) atoms. The highest BCUT2D eigenvalue weighted by Gasteiger charge is 2.20. The van der Waals surface area contributed by atoms with Crippen LogP contribution in [0.15, 0.2) is 41.8 Å².